The molecule has 16 aromatic rings. The quantitative estimate of drug-likeness (QED) is 0.0435. The Kier molecular flexibility index (Phi) is 15.0. The first-order chi connectivity index (χ1) is 44.3. The minimum atomic E-state index is -0.244. The van der Waals surface area contributed by atoms with Crippen LogP contribution in [0.4, 0.5) is 11.4 Å². The third-order valence-corrected chi connectivity index (χ3v) is 17.5. The number of amides is 4. The normalized spacial score (nSPS) is 11.9. The van der Waals surface area contributed by atoms with Crippen molar-refractivity contribution in [1.82, 2.24) is 10.6 Å². The molecule has 12 nitrogen and oxygen atoms in total. The van der Waals surface area contributed by atoms with Gasteiger partial charge in [-0.05, 0) is 142 Å². The van der Waals surface area contributed by atoms with Crippen LogP contribution in [0, 0.1) is 0 Å². The summed E-state index contributed by atoms with van der Waals surface area (Å²) in [5.74, 6) is -0.882. The lowest BCUT2D eigenvalue weighted by atomic mass is 9.92. The van der Waals surface area contributed by atoms with E-state index in [-0.39, 0.29) is 76.5 Å². The Morgan fingerprint density at radius 2 is 0.478 bits per heavy atom. The predicted molar refractivity (Wildman–Crippen MR) is 365 cm³/mol. The molecule has 440 valence electrons. The van der Waals surface area contributed by atoms with Gasteiger partial charge in [0.05, 0.1) is 26.4 Å². The molecular formula is C78H60N4O8. The second kappa shape index (κ2) is 24.2. The van der Waals surface area contributed by atoms with Crippen molar-refractivity contribution in [3.8, 4) is 0 Å². The lowest BCUT2D eigenvalue weighted by Crippen LogP contribution is -2.29. The second-order valence-corrected chi connectivity index (χ2v) is 23.0. The Hall–Kier alpha value is -10.6. The van der Waals surface area contributed by atoms with Crippen molar-refractivity contribution >= 4 is 164 Å². The highest BCUT2D eigenvalue weighted by atomic mass is 16.5. The van der Waals surface area contributed by atoms with Crippen molar-refractivity contribution in [3.63, 3.8) is 0 Å². The molecule has 16 rings (SSSR count). The fraction of sp³-hybridized carbons (Fsp3) is 0.128. The van der Waals surface area contributed by atoms with Crippen LogP contribution in [0.15, 0.2) is 218 Å². The molecule has 90 heavy (non-hydrogen) atoms. The average Bonchev–Trinajstić information content (AvgIpc) is 0.832. The Balaban J connectivity index is 0.000000150. The molecule has 0 aliphatic rings. The number of ether oxygens (including phenoxy) is 4. The van der Waals surface area contributed by atoms with E-state index in [0.29, 0.717) is 13.1 Å². The van der Waals surface area contributed by atoms with E-state index in [1.807, 2.05) is 24.3 Å². The van der Waals surface area contributed by atoms with Gasteiger partial charge in [0.2, 0.25) is 23.6 Å². The summed E-state index contributed by atoms with van der Waals surface area (Å²) in [4.78, 5) is 50.4. The summed E-state index contributed by atoms with van der Waals surface area (Å²) < 4.78 is 22.1. The molecule has 0 atom stereocenters. The van der Waals surface area contributed by atoms with Crippen LogP contribution in [0.5, 0.6) is 0 Å². The lowest BCUT2D eigenvalue weighted by molar-refractivity contribution is -0.129. The van der Waals surface area contributed by atoms with Crippen molar-refractivity contribution in [2.75, 3.05) is 63.5 Å². The van der Waals surface area contributed by atoms with Gasteiger partial charge in [0.1, 0.15) is 26.4 Å². The van der Waals surface area contributed by atoms with Crippen LogP contribution >= 0.6 is 0 Å². The van der Waals surface area contributed by atoms with Gasteiger partial charge in [-0.15, -0.1) is 0 Å². The van der Waals surface area contributed by atoms with Crippen molar-refractivity contribution in [3.05, 3.63) is 230 Å². The van der Waals surface area contributed by atoms with E-state index in [0.717, 1.165) is 65.6 Å². The second-order valence-electron chi connectivity index (χ2n) is 23.0. The highest BCUT2D eigenvalue weighted by Crippen LogP contribution is 2.41. The molecule has 0 spiro atoms. The van der Waals surface area contributed by atoms with Crippen molar-refractivity contribution in [1.29, 1.82) is 0 Å². The van der Waals surface area contributed by atoms with Gasteiger partial charge in [0.25, 0.3) is 0 Å². The average molecular weight is 1180 g/mol. The largest absolute Gasteiger partial charge is 0.369 e. The van der Waals surface area contributed by atoms with E-state index >= 15 is 0 Å². The van der Waals surface area contributed by atoms with Crippen molar-refractivity contribution in [2.24, 2.45) is 0 Å². The molecule has 0 heterocycles. The van der Waals surface area contributed by atoms with Crippen molar-refractivity contribution in [2.45, 2.75) is 13.1 Å². The van der Waals surface area contributed by atoms with Crippen LogP contribution < -0.4 is 21.3 Å². The zero-order chi connectivity index (χ0) is 60.7. The maximum atomic E-state index is 12.7. The fourth-order valence-electron chi connectivity index (χ4n) is 13.3. The number of benzene rings is 16. The van der Waals surface area contributed by atoms with Crippen LogP contribution in [0.2, 0.25) is 0 Å². The zero-order valence-electron chi connectivity index (χ0n) is 49.1. The van der Waals surface area contributed by atoms with Gasteiger partial charge in [-0.1, -0.05) is 206 Å². The van der Waals surface area contributed by atoms with Crippen LogP contribution in [-0.4, -0.2) is 76.5 Å². The molecular weight excluding hydrogens is 1120 g/mol. The molecule has 0 saturated heterocycles. The van der Waals surface area contributed by atoms with Gasteiger partial charge in [0, 0.05) is 35.2 Å². The molecule has 0 aliphatic carbocycles. The maximum Gasteiger partial charge on any atom is 0.250 e. The van der Waals surface area contributed by atoms with E-state index < -0.39 is 0 Å². The van der Waals surface area contributed by atoms with E-state index in [1.165, 1.54) is 86.2 Å². The lowest BCUT2D eigenvalue weighted by Gasteiger charge is -2.15. The third-order valence-electron chi connectivity index (χ3n) is 17.5. The number of carbonyl (C=O) groups is 4. The summed E-state index contributed by atoms with van der Waals surface area (Å²) in [6.07, 6.45) is 0. The number of anilines is 2. The number of carbonyl (C=O) groups excluding carboxylic acids is 4. The van der Waals surface area contributed by atoms with Gasteiger partial charge < -0.3 is 40.2 Å². The van der Waals surface area contributed by atoms with Crippen LogP contribution in [0.25, 0.3) is 129 Å². The minimum Gasteiger partial charge on any atom is -0.369 e. The first-order valence-corrected chi connectivity index (χ1v) is 30.4. The number of rotatable bonds is 20. The zero-order valence-corrected chi connectivity index (χ0v) is 49.1. The standard InChI is InChI=1S/C40H32N2O4.C38H28N2O4/c43-35(41-21-31-13-11-29-9-7-25-3-1-5-27-15-17-33(31)39(29)37(25)27)23-45-19-20-46-24-36(44)42-22-32-14-12-30-10-8-26-4-2-6-28-16-18-34(32)40(30)38(26)28;41-33(39-31-17-13-27-9-7-23-3-1-5-25-11-15-29(31)37(27)35(23)25)21-43-19-20-44-22-34(42)40-32-18-14-28-10-8-24-4-2-6-26-12-16-30(32)38(28)36(24)26/h1-18H,19-24H2,(H,41,43)(H,42,44);1-18H,19-22H2,(H,39,41)(H,40,42). The molecule has 12 heteroatoms. The first-order valence-electron chi connectivity index (χ1n) is 30.4. The van der Waals surface area contributed by atoms with E-state index in [4.69, 9.17) is 18.9 Å². The Morgan fingerprint density at radius 3 is 0.789 bits per heavy atom. The molecule has 0 unspecified atom stereocenters. The summed E-state index contributed by atoms with van der Waals surface area (Å²) in [6, 6.07) is 75.6. The third kappa shape index (κ3) is 10.7. The van der Waals surface area contributed by atoms with Crippen molar-refractivity contribution < 1.29 is 38.1 Å². The van der Waals surface area contributed by atoms with E-state index in [2.05, 4.69) is 215 Å². The van der Waals surface area contributed by atoms with Crippen LogP contribution in [0.3, 0.4) is 0 Å². The van der Waals surface area contributed by atoms with Crippen LogP contribution in [0.1, 0.15) is 11.1 Å². The molecule has 0 radical (unpaired) electrons. The molecule has 4 amide bonds. The SMILES string of the molecule is O=C(COCCOCC(=O)NCc1ccc2ccc3cccc4ccc1c2c34)NCc1ccc2ccc3cccc4ccc1c2c34.O=C(COCCOCC(=O)Nc1ccc2ccc3cccc4ccc1c2c34)Nc1ccc2ccc3cccc4ccc1c2c34. The molecule has 0 bridgehead atoms. The number of nitrogens with one attached hydrogen (secondary N) is 4. The smallest absolute Gasteiger partial charge is 0.250 e. The maximum absolute atomic E-state index is 12.7. The molecule has 16 aromatic carbocycles. The predicted octanol–water partition coefficient (Wildman–Crippen LogP) is 15.5. The monoisotopic (exact) mass is 1180 g/mol. The molecule has 0 aromatic heterocycles. The molecule has 4 N–H and O–H groups in total. The Bertz CT molecular complexity index is 5000. The van der Waals surface area contributed by atoms with Gasteiger partial charge in [-0.25, -0.2) is 0 Å². The Morgan fingerprint density at radius 1 is 0.244 bits per heavy atom. The first kappa shape index (κ1) is 55.9. The summed E-state index contributed by atoms with van der Waals surface area (Å²) in [7, 11) is 0. The Labute approximate surface area is 516 Å². The highest BCUT2D eigenvalue weighted by Gasteiger charge is 2.18. The van der Waals surface area contributed by atoms with Crippen LogP contribution in [-0.2, 0) is 51.2 Å². The van der Waals surface area contributed by atoms with Gasteiger partial charge in [-0.2, -0.15) is 0 Å². The highest BCUT2D eigenvalue weighted by molar-refractivity contribution is 6.28. The van der Waals surface area contributed by atoms with Gasteiger partial charge >= 0.3 is 0 Å². The molecule has 0 fully saturated rings. The summed E-state index contributed by atoms with van der Waals surface area (Å²) in [5, 5.41) is 40.2. The van der Waals surface area contributed by atoms with E-state index in [9.17, 15) is 19.2 Å². The summed E-state index contributed by atoms with van der Waals surface area (Å²) in [5.41, 5.74) is 3.64. The number of hydrogen-bond acceptors (Lipinski definition) is 8. The summed E-state index contributed by atoms with van der Waals surface area (Å²) in [6.45, 7) is 1.28. The molecule has 0 aliphatic heterocycles. The van der Waals surface area contributed by atoms with Gasteiger partial charge in [-0.3, -0.25) is 19.2 Å². The topological polar surface area (TPSA) is 153 Å². The number of hydrogen-bond donors (Lipinski definition) is 4. The fourth-order valence-corrected chi connectivity index (χ4v) is 13.3. The minimum absolute atomic E-state index is 0.0734. The van der Waals surface area contributed by atoms with Gasteiger partial charge in [0.15, 0.2) is 0 Å². The van der Waals surface area contributed by atoms with E-state index in [1.54, 1.807) is 0 Å². The summed E-state index contributed by atoms with van der Waals surface area (Å²) >= 11 is 0. The molecule has 0 saturated carbocycles.